The summed E-state index contributed by atoms with van der Waals surface area (Å²) in [5, 5.41) is 1.16. The van der Waals surface area contributed by atoms with E-state index in [1.807, 2.05) is 12.1 Å². The zero-order valence-corrected chi connectivity index (χ0v) is 8.65. The smallest absolute Gasteiger partial charge is 0.0767 e. The number of hydrogen-bond donors (Lipinski definition) is 1. The Hall–Kier alpha value is -0.450. The van der Waals surface area contributed by atoms with Gasteiger partial charge in [0.2, 0.25) is 0 Å². The van der Waals surface area contributed by atoms with Crippen LogP contribution >= 0.6 is 27.5 Å². The molecule has 0 bridgehead atoms. The Balaban J connectivity index is 2.83. The molecule has 12 heavy (non-hydrogen) atoms. The fraction of sp³-hybridized carbons (Fsp3) is 0.125. The molecule has 1 aromatic carbocycles. The predicted molar refractivity (Wildman–Crippen MR) is 55.2 cm³/mol. The molecule has 0 atom stereocenters. The summed E-state index contributed by atoms with van der Waals surface area (Å²) in [6.07, 6.45) is 0. The molecule has 1 aromatic heterocycles. The molecule has 0 amide bonds. The molecule has 62 valence electrons. The Morgan fingerprint density at radius 1 is 1.50 bits per heavy atom. The van der Waals surface area contributed by atoms with Crippen LogP contribution in [-0.4, -0.2) is 4.37 Å². The zero-order valence-electron chi connectivity index (χ0n) is 6.25. The number of hydrogen-bond acceptors (Lipinski definition) is 3. The highest BCUT2D eigenvalue weighted by molar-refractivity contribution is 9.10. The first-order valence-electron chi connectivity index (χ1n) is 3.56. The lowest BCUT2D eigenvalue weighted by atomic mass is 10.2. The van der Waals surface area contributed by atoms with Crippen LogP contribution in [0.2, 0.25) is 0 Å². The van der Waals surface area contributed by atoms with Gasteiger partial charge >= 0.3 is 0 Å². The Morgan fingerprint density at radius 3 is 3.08 bits per heavy atom. The second-order valence-corrected chi connectivity index (χ2v) is 4.11. The van der Waals surface area contributed by atoms with E-state index in [0.29, 0.717) is 6.54 Å². The maximum Gasteiger partial charge on any atom is 0.0767 e. The minimum Gasteiger partial charge on any atom is -0.325 e. The summed E-state index contributed by atoms with van der Waals surface area (Å²) < 4.78 is 6.52. The zero-order chi connectivity index (χ0) is 8.55. The van der Waals surface area contributed by atoms with Gasteiger partial charge in [-0.3, -0.25) is 0 Å². The minimum absolute atomic E-state index is 0.503. The molecule has 0 radical (unpaired) electrons. The van der Waals surface area contributed by atoms with E-state index in [1.54, 1.807) is 0 Å². The van der Waals surface area contributed by atoms with E-state index in [1.165, 1.54) is 16.2 Å². The summed E-state index contributed by atoms with van der Waals surface area (Å²) in [4.78, 5) is 0. The van der Waals surface area contributed by atoms with Crippen molar-refractivity contribution in [2.24, 2.45) is 5.73 Å². The molecule has 0 saturated carbocycles. The summed E-state index contributed by atoms with van der Waals surface area (Å²) in [6, 6.07) is 6.07. The summed E-state index contributed by atoms with van der Waals surface area (Å²) in [6.45, 7) is 0.503. The van der Waals surface area contributed by atoms with Crippen molar-refractivity contribution in [3.8, 4) is 0 Å². The lowest BCUT2D eigenvalue weighted by molar-refractivity contribution is 1.04. The third-order valence-electron chi connectivity index (χ3n) is 1.71. The quantitative estimate of drug-likeness (QED) is 0.835. The molecule has 2 rings (SSSR count). The molecule has 0 aliphatic rings. The molecule has 0 saturated heterocycles. The van der Waals surface area contributed by atoms with E-state index in [4.69, 9.17) is 5.73 Å². The molecule has 2 aromatic rings. The standard InChI is InChI=1S/C8H7BrN2S/c9-5-2-1-3-7-8(5)6(4-10)11-12-7/h1-3H,4,10H2. The molecular formula is C8H7BrN2S. The van der Waals surface area contributed by atoms with Gasteiger partial charge in [-0.05, 0) is 23.7 Å². The Bertz CT molecular complexity index is 410. The van der Waals surface area contributed by atoms with Crippen molar-refractivity contribution < 1.29 is 0 Å². The third kappa shape index (κ3) is 1.16. The highest BCUT2D eigenvalue weighted by Gasteiger charge is 2.06. The van der Waals surface area contributed by atoms with E-state index in [9.17, 15) is 0 Å². The predicted octanol–water partition coefficient (Wildman–Crippen LogP) is 2.52. The average Bonchev–Trinajstić information content (AvgIpc) is 2.49. The monoisotopic (exact) mass is 242 g/mol. The summed E-state index contributed by atoms with van der Waals surface area (Å²) in [5.74, 6) is 0. The van der Waals surface area contributed by atoms with E-state index < -0.39 is 0 Å². The molecule has 0 aliphatic heterocycles. The highest BCUT2D eigenvalue weighted by Crippen LogP contribution is 2.29. The van der Waals surface area contributed by atoms with Gasteiger partial charge in [0.05, 0.1) is 10.4 Å². The van der Waals surface area contributed by atoms with Crippen molar-refractivity contribution in [3.63, 3.8) is 0 Å². The van der Waals surface area contributed by atoms with Crippen molar-refractivity contribution in [3.05, 3.63) is 28.4 Å². The van der Waals surface area contributed by atoms with Crippen molar-refractivity contribution in [1.29, 1.82) is 0 Å². The lowest BCUT2D eigenvalue weighted by Crippen LogP contribution is -1.96. The van der Waals surface area contributed by atoms with E-state index in [0.717, 1.165) is 15.6 Å². The van der Waals surface area contributed by atoms with Crippen LogP contribution in [0.3, 0.4) is 0 Å². The van der Waals surface area contributed by atoms with Crippen LogP contribution in [0.4, 0.5) is 0 Å². The van der Waals surface area contributed by atoms with E-state index in [2.05, 4.69) is 26.4 Å². The molecule has 4 heteroatoms. The van der Waals surface area contributed by atoms with Gasteiger partial charge in [0.1, 0.15) is 0 Å². The second-order valence-electron chi connectivity index (χ2n) is 2.45. The van der Waals surface area contributed by atoms with Gasteiger partial charge in [-0.25, -0.2) is 0 Å². The Labute approximate surface area is 82.7 Å². The molecule has 2 N–H and O–H groups in total. The molecule has 0 fully saturated rings. The summed E-state index contributed by atoms with van der Waals surface area (Å²) in [5.41, 5.74) is 6.53. The normalized spacial score (nSPS) is 10.8. The number of benzene rings is 1. The topological polar surface area (TPSA) is 38.9 Å². The van der Waals surface area contributed by atoms with Crippen molar-refractivity contribution in [1.82, 2.24) is 4.37 Å². The lowest BCUT2D eigenvalue weighted by Gasteiger charge is -1.94. The van der Waals surface area contributed by atoms with Crippen LogP contribution in [0.25, 0.3) is 10.1 Å². The second kappa shape index (κ2) is 3.12. The van der Waals surface area contributed by atoms with Crippen molar-refractivity contribution in [2.45, 2.75) is 6.54 Å². The largest absolute Gasteiger partial charge is 0.325 e. The van der Waals surface area contributed by atoms with Crippen molar-refractivity contribution in [2.75, 3.05) is 0 Å². The van der Waals surface area contributed by atoms with Crippen LogP contribution in [0.1, 0.15) is 5.69 Å². The van der Waals surface area contributed by atoms with Crippen LogP contribution in [0.15, 0.2) is 22.7 Å². The number of rotatable bonds is 1. The number of halogens is 1. The molecule has 0 spiro atoms. The van der Waals surface area contributed by atoms with Crippen LogP contribution < -0.4 is 5.73 Å². The van der Waals surface area contributed by atoms with Crippen molar-refractivity contribution >= 4 is 37.5 Å². The first-order chi connectivity index (χ1) is 5.83. The van der Waals surface area contributed by atoms with Gasteiger partial charge in [0.25, 0.3) is 0 Å². The number of nitrogens with two attached hydrogens (primary N) is 1. The minimum atomic E-state index is 0.503. The van der Waals surface area contributed by atoms with Crippen LogP contribution in [0.5, 0.6) is 0 Å². The fourth-order valence-corrected chi connectivity index (χ4v) is 2.71. The highest BCUT2D eigenvalue weighted by atomic mass is 79.9. The maximum absolute atomic E-state index is 5.55. The first kappa shape index (κ1) is 8.16. The molecule has 0 aliphatic carbocycles. The maximum atomic E-state index is 5.55. The van der Waals surface area contributed by atoms with Crippen LogP contribution in [0, 0.1) is 0 Å². The summed E-state index contributed by atoms with van der Waals surface area (Å²) >= 11 is 4.97. The van der Waals surface area contributed by atoms with Gasteiger partial charge < -0.3 is 5.73 Å². The van der Waals surface area contributed by atoms with Gasteiger partial charge in [0, 0.05) is 16.4 Å². The first-order valence-corrected chi connectivity index (χ1v) is 5.12. The molecule has 2 nitrogen and oxygen atoms in total. The Kier molecular flexibility index (Phi) is 2.12. The van der Waals surface area contributed by atoms with Gasteiger partial charge in [-0.1, -0.05) is 22.0 Å². The fourth-order valence-electron chi connectivity index (χ4n) is 1.15. The van der Waals surface area contributed by atoms with Gasteiger partial charge in [-0.15, -0.1) is 0 Å². The average molecular weight is 243 g/mol. The molecule has 0 unspecified atom stereocenters. The summed E-state index contributed by atoms with van der Waals surface area (Å²) in [7, 11) is 0. The van der Waals surface area contributed by atoms with E-state index in [-0.39, 0.29) is 0 Å². The SMILES string of the molecule is NCc1nsc2cccc(Br)c12. The third-order valence-corrected chi connectivity index (χ3v) is 3.22. The van der Waals surface area contributed by atoms with Gasteiger partial charge in [0.15, 0.2) is 0 Å². The molecule has 1 heterocycles. The van der Waals surface area contributed by atoms with Gasteiger partial charge in [-0.2, -0.15) is 4.37 Å². The number of aromatic nitrogens is 1. The Morgan fingerprint density at radius 2 is 2.33 bits per heavy atom. The van der Waals surface area contributed by atoms with E-state index >= 15 is 0 Å². The number of nitrogens with zero attached hydrogens (tertiary/aromatic N) is 1. The number of fused-ring (bicyclic) bond motifs is 1. The molecular weight excluding hydrogens is 236 g/mol. The van der Waals surface area contributed by atoms with Crippen LogP contribution in [-0.2, 0) is 6.54 Å².